The predicted molar refractivity (Wildman–Crippen MR) is 103 cm³/mol. The van der Waals surface area contributed by atoms with E-state index in [1.807, 2.05) is 4.90 Å². The van der Waals surface area contributed by atoms with Gasteiger partial charge >= 0.3 is 0 Å². The first-order valence-electron chi connectivity index (χ1n) is 8.24. The minimum atomic E-state index is -0.203. The number of amides is 1. The fraction of sp³-hybridized carbons (Fsp3) is 0.875. The van der Waals surface area contributed by atoms with Gasteiger partial charge in [0, 0.05) is 32.8 Å². The molecule has 0 aromatic carbocycles. The maximum Gasteiger partial charge on any atom is 0.242 e. The SMILES string of the molecule is CN=C(NCC1CCCO1)N1CC(=O)N(C(C)C)C(C)(C)C1.I. The van der Waals surface area contributed by atoms with Gasteiger partial charge in [-0.25, -0.2) is 0 Å². The molecule has 0 bridgehead atoms. The summed E-state index contributed by atoms with van der Waals surface area (Å²) in [4.78, 5) is 20.9. The number of piperazine rings is 1. The summed E-state index contributed by atoms with van der Waals surface area (Å²) in [6.45, 7) is 11.1. The lowest BCUT2D eigenvalue weighted by molar-refractivity contribution is -0.145. The van der Waals surface area contributed by atoms with Crippen molar-refractivity contribution in [3.05, 3.63) is 0 Å². The molecule has 0 saturated carbocycles. The third kappa shape index (κ3) is 4.95. The summed E-state index contributed by atoms with van der Waals surface area (Å²) < 4.78 is 5.63. The number of carbonyl (C=O) groups is 1. The van der Waals surface area contributed by atoms with Gasteiger partial charge in [0.15, 0.2) is 5.96 Å². The molecule has 0 aliphatic carbocycles. The number of hydrogen-bond acceptors (Lipinski definition) is 3. The van der Waals surface area contributed by atoms with E-state index in [0.29, 0.717) is 6.54 Å². The van der Waals surface area contributed by atoms with E-state index in [9.17, 15) is 4.79 Å². The van der Waals surface area contributed by atoms with E-state index in [0.717, 1.165) is 38.5 Å². The molecule has 2 fully saturated rings. The van der Waals surface area contributed by atoms with E-state index in [1.54, 1.807) is 7.05 Å². The van der Waals surface area contributed by atoms with Gasteiger partial charge in [-0.05, 0) is 40.5 Å². The molecule has 6 nitrogen and oxygen atoms in total. The number of nitrogens with one attached hydrogen (secondary N) is 1. The van der Waals surface area contributed by atoms with Crippen LogP contribution >= 0.6 is 24.0 Å². The Hall–Kier alpha value is -0.570. The first kappa shape index (κ1) is 20.5. The third-order valence-corrected chi connectivity index (χ3v) is 4.36. The maximum absolute atomic E-state index is 12.5. The van der Waals surface area contributed by atoms with Gasteiger partial charge in [-0.2, -0.15) is 0 Å². The number of halogens is 1. The van der Waals surface area contributed by atoms with E-state index in [4.69, 9.17) is 4.74 Å². The number of carbonyl (C=O) groups excluding carboxylic acids is 1. The molecule has 1 N–H and O–H groups in total. The van der Waals surface area contributed by atoms with Crippen molar-refractivity contribution in [3.63, 3.8) is 0 Å². The van der Waals surface area contributed by atoms with E-state index in [2.05, 4.69) is 42.9 Å². The fourth-order valence-electron chi connectivity index (χ4n) is 3.66. The van der Waals surface area contributed by atoms with Gasteiger partial charge in [-0.15, -0.1) is 24.0 Å². The summed E-state index contributed by atoms with van der Waals surface area (Å²) in [7, 11) is 1.77. The van der Waals surface area contributed by atoms with Gasteiger partial charge in [0.1, 0.15) is 0 Å². The molecule has 2 aliphatic heterocycles. The highest BCUT2D eigenvalue weighted by Crippen LogP contribution is 2.24. The first-order chi connectivity index (χ1) is 10.3. The smallest absolute Gasteiger partial charge is 0.242 e. The molecule has 2 saturated heterocycles. The lowest BCUT2D eigenvalue weighted by Gasteiger charge is -2.49. The van der Waals surface area contributed by atoms with Crippen LogP contribution in [0.2, 0.25) is 0 Å². The number of rotatable bonds is 3. The molecule has 2 rings (SSSR count). The van der Waals surface area contributed by atoms with Crippen LogP contribution in [0.15, 0.2) is 4.99 Å². The predicted octanol–water partition coefficient (Wildman–Crippen LogP) is 1.69. The monoisotopic (exact) mass is 438 g/mol. The third-order valence-electron chi connectivity index (χ3n) is 4.36. The van der Waals surface area contributed by atoms with Crippen LogP contribution in [0, 0.1) is 0 Å². The molecule has 23 heavy (non-hydrogen) atoms. The highest BCUT2D eigenvalue weighted by Gasteiger charge is 2.40. The number of nitrogens with zero attached hydrogens (tertiary/aromatic N) is 3. The second kappa shape index (κ2) is 8.50. The molecule has 2 aliphatic rings. The van der Waals surface area contributed by atoms with Crippen LogP contribution in [0.25, 0.3) is 0 Å². The molecule has 0 spiro atoms. The van der Waals surface area contributed by atoms with Crippen molar-refractivity contribution in [1.29, 1.82) is 0 Å². The van der Waals surface area contributed by atoms with Crippen molar-refractivity contribution in [1.82, 2.24) is 15.1 Å². The van der Waals surface area contributed by atoms with Gasteiger partial charge in [0.2, 0.25) is 5.91 Å². The standard InChI is InChI=1S/C16H30N4O2.HI/c1-12(2)20-14(21)10-19(11-16(20,3)4)15(17-5)18-9-13-7-6-8-22-13;/h12-13H,6-11H2,1-5H3,(H,17,18);1H. The quantitative estimate of drug-likeness (QED) is 0.414. The molecular weight excluding hydrogens is 407 g/mol. The van der Waals surface area contributed by atoms with Crippen molar-refractivity contribution in [3.8, 4) is 0 Å². The Morgan fingerprint density at radius 3 is 2.65 bits per heavy atom. The molecular formula is C16H31IN4O2. The molecule has 2 heterocycles. The highest BCUT2D eigenvalue weighted by atomic mass is 127. The van der Waals surface area contributed by atoms with Crippen LogP contribution in [0.3, 0.4) is 0 Å². The van der Waals surface area contributed by atoms with E-state index in [-0.39, 0.29) is 47.6 Å². The molecule has 1 atom stereocenters. The summed E-state index contributed by atoms with van der Waals surface area (Å²) in [5.41, 5.74) is -0.203. The minimum absolute atomic E-state index is 0. The maximum atomic E-state index is 12.5. The molecule has 1 amide bonds. The lowest BCUT2D eigenvalue weighted by Crippen LogP contribution is -2.66. The molecule has 0 radical (unpaired) electrons. The topological polar surface area (TPSA) is 57.2 Å². The molecule has 0 aromatic heterocycles. The number of hydrogen-bond donors (Lipinski definition) is 1. The Bertz CT molecular complexity index is 434. The zero-order valence-electron chi connectivity index (χ0n) is 15.0. The Labute approximate surface area is 157 Å². The summed E-state index contributed by atoms with van der Waals surface area (Å²) in [6.07, 6.45) is 2.48. The van der Waals surface area contributed by atoms with Crippen molar-refractivity contribution in [2.24, 2.45) is 4.99 Å². The number of aliphatic imine (C=N–C) groups is 1. The second-order valence-electron chi connectivity index (χ2n) is 7.09. The Morgan fingerprint density at radius 2 is 2.17 bits per heavy atom. The summed E-state index contributed by atoms with van der Waals surface area (Å²) in [6, 6.07) is 0.214. The average molecular weight is 438 g/mol. The van der Waals surface area contributed by atoms with Crippen LogP contribution in [-0.4, -0.2) is 72.6 Å². The Balaban J connectivity index is 0.00000264. The Morgan fingerprint density at radius 1 is 1.48 bits per heavy atom. The minimum Gasteiger partial charge on any atom is -0.376 e. The largest absolute Gasteiger partial charge is 0.376 e. The lowest BCUT2D eigenvalue weighted by atomic mass is 9.96. The van der Waals surface area contributed by atoms with Gasteiger partial charge in [-0.1, -0.05) is 0 Å². The highest BCUT2D eigenvalue weighted by molar-refractivity contribution is 14.0. The number of guanidine groups is 1. The molecule has 0 aromatic rings. The zero-order chi connectivity index (χ0) is 16.3. The van der Waals surface area contributed by atoms with Crippen molar-refractivity contribution in [2.75, 3.05) is 33.3 Å². The fourth-order valence-corrected chi connectivity index (χ4v) is 3.66. The van der Waals surface area contributed by atoms with E-state index < -0.39 is 0 Å². The summed E-state index contributed by atoms with van der Waals surface area (Å²) >= 11 is 0. The van der Waals surface area contributed by atoms with Crippen molar-refractivity contribution < 1.29 is 9.53 Å². The molecule has 134 valence electrons. The molecule has 7 heteroatoms. The Kier molecular flexibility index (Phi) is 7.57. The van der Waals surface area contributed by atoms with Crippen LogP contribution in [0.4, 0.5) is 0 Å². The normalized spacial score (nSPS) is 24.9. The van der Waals surface area contributed by atoms with Crippen LogP contribution < -0.4 is 5.32 Å². The average Bonchev–Trinajstić information content (AvgIpc) is 2.90. The number of ether oxygens (including phenoxy) is 1. The molecule has 1 unspecified atom stereocenters. The van der Waals surface area contributed by atoms with E-state index >= 15 is 0 Å². The van der Waals surface area contributed by atoms with Gasteiger partial charge in [-0.3, -0.25) is 9.79 Å². The van der Waals surface area contributed by atoms with Crippen LogP contribution in [0.5, 0.6) is 0 Å². The van der Waals surface area contributed by atoms with Crippen LogP contribution in [0.1, 0.15) is 40.5 Å². The van der Waals surface area contributed by atoms with Crippen molar-refractivity contribution in [2.45, 2.75) is 58.2 Å². The zero-order valence-corrected chi connectivity index (χ0v) is 17.3. The second-order valence-corrected chi connectivity index (χ2v) is 7.09. The van der Waals surface area contributed by atoms with Crippen molar-refractivity contribution >= 4 is 35.8 Å². The summed E-state index contributed by atoms with van der Waals surface area (Å²) in [5.74, 6) is 0.951. The first-order valence-corrected chi connectivity index (χ1v) is 8.24. The van der Waals surface area contributed by atoms with Gasteiger partial charge in [0.25, 0.3) is 0 Å². The van der Waals surface area contributed by atoms with Gasteiger partial charge < -0.3 is 19.9 Å². The van der Waals surface area contributed by atoms with Crippen LogP contribution in [-0.2, 0) is 9.53 Å². The van der Waals surface area contributed by atoms with E-state index in [1.165, 1.54) is 0 Å². The van der Waals surface area contributed by atoms with Gasteiger partial charge in [0.05, 0.1) is 18.2 Å². The summed E-state index contributed by atoms with van der Waals surface area (Å²) in [5, 5.41) is 3.36.